The van der Waals surface area contributed by atoms with Gasteiger partial charge >= 0.3 is 29.6 Å². The van der Waals surface area contributed by atoms with Crippen LogP contribution < -0.4 is 34.7 Å². The van der Waals surface area contributed by atoms with E-state index in [4.69, 9.17) is 0 Å². The summed E-state index contributed by atoms with van der Waals surface area (Å²) in [6, 6.07) is 8.37. The summed E-state index contributed by atoms with van der Waals surface area (Å²) in [4.78, 5) is 12.4. The Labute approximate surface area is 106 Å². The van der Waals surface area contributed by atoms with Gasteiger partial charge in [0.25, 0.3) is 0 Å². The SMILES string of the molecule is CN(C)[C@H](C(=O)[O-])c1ccccc1.[Na+]. The zero-order valence-corrected chi connectivity index (χ0v) is 10.7. The number of carboxylic acid groups (broad SMARTS) is 1. The van der Waals surface area contributed by atoms with Gasteiger partial charge in [-0.1, -0.05) is 30.3 Å². The number of carbonyl (C=O) groups is 1. The molecule has 0 saturated heterocycles. The number of nitrogens with zero attached hydrogens (tertiary/aromatic N) is 1. The molecule has 0 aliphatic carbocycles. The first-order valence-corrected chi connectivity index (χ1v) is 4.05. The second-order valence-electron chi connectivity index (χ2n) is 3.10. The van der Waals surface area contributed by atoms with Crippen LogP contribution in [-0.2, 0) is 4.79 Å². The third-order valence-corrected chi connectivity index (χ3v) is 1.85. The smallest absolute Gasteiger partial charge is 0.548 e. The summed E-state index contributed by atoms with van der Waals surface area (Å²) in [6.07, 6.45) is 0. The molecule has 1 aromatic carbocycles. The fourth-order valence-electron chi connectivity index (χ4n) is 1.28. The van der Waals surface area contributed by atoms with Crippen LogP contribution in [0.2, 0.25) is 0 Å². The molecule has 0 unspecified atom stereocenters. The summed E-state index contributed by atoms with van der Waals surface area (Å²) < 4.78 is 0. The molecule has 1 aromatic rings. The van der Waals surface area contributed by atoms with Crippen molar-refractivity contribution in [2.75, 3.05) is 14.1 Å². The van der Waals surface area contributed by atoms with Crippen molar-refractivity contribution in [1.82, 2.24) is 4.90 Å². The molecule has 4 heteroatoms. The predicted octanol–water partition coefficient (Wildman–Crippen LogP) is -2.96. The predicted molar refractivity (Wildman–Crippen MR) is 47.9 cm³/mol. The molecule has 0 bridgehead atoms. The van der Waals surface area contributed by atoms with Gasteiger partial charge in [0, 0.05) is 0 Å². The number of likely N-dealkylation sites (N-methyl/N-ethyl adjacent to an activating group) is 1. The van der Waals surface area contributed by atoms with E-state index < -0.39 is 12.0 Å². The third-order valence-electron chi connectivity index (χ3n) is 1.85. The van der Waals surface area contributed by atoms with Crippen LogP contribution >= 0.6 is 0 Å². The Morgan fingerprint density at radius 2 is 1.79 bits per heavy atom. The maximum absolute atomic E-state index is 10.8. The van der Waals surface area contributed by atoms with E-state index in [0.717, 1.165) is 5.56 Å². The number of rotatable bonds is 3. The van der Waals surface area contributed by atoms with Gasteiger partial charge in [-0.15, -0.1) is 0 Å². The second-order valence-corrected chi connectivity index (χ2v) is 3.10. The molecule has 70 valence electrons. The van der Waals surface area contributed by atoms with Crippen molar-refractivity contribution >= 4 is 5.97 Å². The molecule has 0 radical (unpaired) electrons. The van der Waals surface area contributed by atoms with E-state index in [2.05, 4.69) is 0 Å². The molecule has 3 nitrogen and oxygen atoms in total. The van der Waals surface area contributed by atoms with Crippen LogP contribution in [0.1, 0.15) is 11.6 Å². The van der Waals surface area contributed by atoms with Gasteiger partial charge in [0.1, 0.15) is 0 Å². The molecule has 1 atom stereocenters. The minimum atomic E-state index is -1.07. The maximum Gasteiger partial charge on any atom is 1.00 e. The van der Waals surface area contributed by atoms with Crippen LogP contribution in [0.4, 0.5) is 0 Å². The molecule has 0 N–H and O–H groups in total. The first-order valence-electron chi connectivity index (χ1n) is 4.05. The van der Waals surface area contributed by atoms with Gasteiger partial charge < -0.3 is 9.90 Å². The normalized spacial score (nSPS) is 11.9. The molecule has 14 heavy (non-hydrogen) atoms. The van der Waals surface area contributed by atoms with Gasteiger partial charge in [0.05, 0.1) is 12.0 Å². The number of aliphatic carboxylic acids is 1. The summed E-state index contributed by atoms with van der Waals surface area (Å²) in [5.74, 6) is -1.07. The molecule has 0 heterocycles. The molecule has 0 saturated carbocycles. The van der Waals surface area contributed by atoms with Crippen LogP contribution in [0, 0.1) is 0 Å². The van der Waals surface area contributed by atoms with E-state index in [1.807, 2.05) is 18.2 Å². The minimum absolute atomic E-state index is 0. The minimum Gasteiger partial charge on any atom is -0.548 e. The number of carbonyl (C=O) groups excluding carboxylic acids is 1. The Hall–Kier alpha value is -0.350. The van der Waals surface area contributed by atoms with Crippen LogP contribution in [0.15, 0.2) is 30.3 Å². The Morgan fingerprint density at radius 1 is 1.29 bits per heavy atom. The fraction of sp³-hybridized carbons (Fsp3) is 0.300. The summed E-state index contributed by atoms with van der Waals surface area (Å²) >= 11 is 0. The third kappa shape index (κ3) is 3.42. The Bertz CT molecular complexity index is 287. The van der Waals surface area contributed by atoms with Crippen molar-refractivity contribution < 1.29 is 39.5 Å². The van der Waals surface area contributed by atoms with Gasteiger partial charge in [-0.25, -0.2) is 0 Å². The van der Waals surface area contributed by atoms with E-state index in [1.54, 1.807) is 31.1 Å². The zero-order valence-electron chi connectivity index (χ0n) is 8.73. The molecule has 0 aliphatic heterocycles. The summed E-state index contributed by atoms with van der Waals surface area (Å²) in [5.41, 5.74) is 0.743. The van der Waals surface area contributed by atoms with Crippen molar-refractivity contribution in [3.63, 3.8) is 0 Å². The average Bonchev–Trinajstić information content (AvgIpc) is 2.04. The van der Waals surface area contributed by atoms with Gasteiger partial charge in [-0.2, -0.15) is 0 Å². The maximum atomic E-state index is 10.8. The van der Waals surface area contributed by atoms with E-state index >= 15 is 0 Å². The Balaban J connectivity index is 0.00000169. The first kappa shape index (κ1) is 13.7. The number of benzene rings is 1. The average molecular weight is 201 g/mol. The molecular formula is C10H12NNaO2. The zero-order chi connectivity index (χ0) is 9.84. The number of hydrogen-bond donors (Lipinski definition) is 0. The number of hydrogen-bond acceptors (Lipinski definition) is 3. The Kier molecular flexibility index (Phi) is 6.04. The number of carboxylic acids is 1. The standard InChI is InChI=1S/C10H13NO2.Na/c1-11(2)9(10(12)13)8-6-4-3-5-7-8;/h3-7,9H,1-2H3,(H,12,13);/q;+1/p-1/t9-;/m0./s1. The summed E-state index contributed by atoms with van der Waals surface area (Å²) in [5, 5.41) is 10.8. The molecule has 0 aliphatic rings. The molecule has 0 spiro atoms. The van der Waals surface area contributed by atoms with Gasteiger partial charge in [0.2, 0.25) is 0 Å². The van der Waals surface area contributed by atoms with Crippen molar-refractivity contribution in [1.29, 1.82) is 0 Å². The van der Waals surface area contributed by atoms with Crippen LogP contribution in [0.5, 0.6) is 0 Å². The van der Waals surface area contributed by atoms with E-state index in [9.17, 15) is 9.90 Å². The first-order chi connectivity index (χ1) is 6.13. The van der Waals surface area contributed by atoms with Crippen molar-refractivity contribution in [3.8, 4) is 0 Å². The van der Waals surface area contributed by atoms with E-state index in [1.165, 1.54) is 0 Å². The Morgan fingerprint density at radius 3 is 2.14 bits per heavy atom. The molecule has 0 aromatic heterocycles. The largest absolute Gasteiger partial charge is 1.00 e. The van der Waals surface area contributed by atoms with Gasteiger partial charge in [-0.3, -0.25) is 4.90 Å². The fourth-order valence-corrected chi connectivity index (χ4v) is 1.28. The topological polar surface area (TPSA) is 43.4 Å². The molecule has 0 amide bonds. The van der Waals surface area contributed by atoms with Crippen LogP contribution in [0.3, 0.4) is 0 Å². The van der Waals surface area contributed by atoms with Crippen molar-refractivity contribution in [3.05, 3.63) is 35.9 Å². The summed E-state index contributed by atoms with van der Waals surface area (Å²) in [7, 11) is 3.43. The quantitative estimate of drug-likeness (QED) is 0.491. The van der Waals surface area contributed by atoms with Crippen molar-refractivity contribution in [2.45, 2.75) is 6.04 Å². The van der Waals surface area contributed by atoms with Gasteiger partial charge in [0.15, 0.2) is 0 Å². The van der Waals surface area contributed by atoms with Gasteiger partial charge in [-0.05, 0) is 19.7 Å². The van der Waals surface area contributed by atoms with Crippen molar-refractivity contribution in [2.24, 2.45) is 0 Å². The second kappa shape index (κ2) is 6.19. The molecule has 1 rings (SSSR count). The van der Waals surface area contributed by atoms with Crippen LogP contribution in [-0.4, -0.2) is 25.0 Å². The molecule has 0 fully saturated rings. The van der Waals surface area contributed by atoms with E-state index in [0.29, 0.717) is 0 Å². The van der Waals surface area contributed by atoms with Crippen LogP contribution in [0.25, 0.3) is 0 Å². The van der Waals surface area contributed by atoms with E-state index in [-0.39, 0.29) is 29.6 Å². The molecular weight excluding hydrogens is 189 g/mol. The monoisotopic (exact) mass is 201 g/mol. The summed E-state index contributed by atoms with van der Waals surface area (Å²) in [6.45, 7) is 0.